The third-order valence-electron chi connectivity index (χ3n) is 1.75. The van der Waals surface area contributed by atoms with Crippen molar-refractivity contribution >= 4 is 22.8 Å². The predicted molar refractivity (Wildman–Crippen MR) is 48.9 cm³/mol. The SMILES string of the molecule is CCCC(=O)NC1CCSC1=O. The highest BCUT2D eigenvalue weighted by Gasteiger charge is 2.26. The number of amides is 1. The summed E-state index contributed by atoms with van der Waals surface area (Å²) in [5, 5.41) is 2.83. The fourth-order valence-electron chi connectivity index (χ4n) is 1.12. The van der Waals surface area contributed by atoms with E-state index in [1.165, 1.54) is 11.8 Å². The van der Waals surface area contributed by atoms with Crippen LogP contribution in [0.2, 0.25) is 0 Å². The minimum atomic E-state index is -0.214. The summed E-state index contributed by atoms with van der Waals surface area (Å²) in [6.45, 7) is 1.95. The van der Waals surface area contributed by atoms with Crippen molar-refractivity contribution < 1.29 is 9.59 Å². The number of carbonyl (C=O) groups excluding carboxylic acids is 2. The fraction of sp³-hybridized carbons (Fsp3) is 0.750. The lowest BCUT2D eigenvalue weighted by atomic mass is 10.2. The summed E-state index contributed by atoms with van der Waals surface area (Å²) in [4.78, 5) is 22.1. The molecular weight excluding hydrogens is 174 g/mol. The van der Waals surface area contributed by atoms with Crippen molar-refractivity contribution in [2.24, 2.45) is 0 Å². The van der Waals surface area contributed by atoms with Gasteiger partial charge in [-0.3, -0.25) is 9.59 Å². The number of thioether (sulfide) groups is 1. The molecule has 0 aromatic carbocycles. The number of rotatable bonds is 3. The Labute approximate surface area is 76.3 Å². The molecule has 1 atom stereocenters. The van der Waals surface area contributed by atoms with Crippen molar-refractivity contribution in [1.82, 2.24) is 5.32 Å². The first kappa shape index (κ1) is 9.58. The molecule has 1 amide bonds. The van der Waals surface area contributed by atoms with E-state index < -0.39 is 0 Å². The molecular formula is C8H13NO2S. The fourth-order valence-corrected chi connectivity index (χ4v) is 2.05. The third kappa shape index (κ3) is 2.52. The molecule has 1 fully saturated rings. The lowest BCUT2D eigenvalue weighted by Gasteiger charge is -2.08. The van der Waals surface area contributed by atoms with Gasteiger partial charge in [-0.15, -0.1) is 0 Å². The largest absolute Gasteiger partial charge is 0.345 e. The highest BCUT2D eigenvalue weighted by Crippen LogP contribution is 2.19. The monoisotopic (exact) mass is 187 g/mol. The molecule has 0 aromatic rings. The van der Waals surface area contributed by atoms with Gasteiger partial charge in [0.1, 0.15) is 0 Å². The Balaban J connectivity index is 2.30. The predicted octanol–water partition coefficient (Wildman–Crippen LogP) is 0.935. The Morgan fingerprint density at radius 3 is 3.00 bits per heavy atom. The van der Waals surface area contributed by atoms with Gasteiger partial charge in [0.05, 0.1) is 6.04 Å². The number of carbonyl (C=O) groups is 2. The molecule has 4 heteroatoms. The van der Waals surface area contributed by atoms with Gasteiger partial charge < -0.3 is 5.32 Å². The summed E-state index contributed by atoms with van der Waals surface area (Å²) in [6.07, 6.45) is 2.15. The van der Waals surface area contributed by atoms with E-state index in [9.17, 15) is 9.59 Å². The molecule has 0 bridgehead atoms. The number of hydrogen-bond donors (Lipinski definition) is 1. The van der Waals surface area contributed by atoms with Crippen LogP contribution in [-0.4, -0.2) is 22.8 Å². The van der Waals surface area contributed by atoms with E-state index in [4.69, 9.17) is 0 Å². The summed E-state index contributed by atoms with van der Waals surface area (Å²) < 4.78 is 0. The highest BCUT2D eigenvalue weighted by molar-refractivity contribution is 8.14. The third-order valence-corrected chi connectivity index (χ3v) is 2.76. The Kier molecular flexibility index (Phi) is 3.59. The molecule has 0 saturated carbocycles. The first-order chi connectivity index (χ1) is 5.74. The second-order valence-corrected chi connectivity index (χ2v) is 3.93. The van der Waals surface area contributed by atoms with Gasteiger partial charge in [-0.25, -0.2) is 0 Å². The molecule has 68 valence electrons. The van der Waals surface area contributed by atoms with Crippen LogP contribution in [0.25, 0.3) is 0 Å². The molecule has 1 N–H and O–H groups in total. The lowest BCUT2D eigenvalue weighted by molar-refractivity contribution is -0.124. The van der Waals surface area contributed by atoms with Crippen molar-refractivity contribution in [1.29, 1.82) is 0 Å². The minimum absolute atomic E-state index is 0.00153. The van der Waals surface area contributed by atoms with E-state index in [0.717, 1.165) is 18.6 Å². The molecule has 0 spiro atoms. The zero-order valence-corrected chi connectivity index (χ0v) is 7.95. The Morgan fingerprint density at radius 2 is 2.50 bits per heavy atom. The van der Waals surface area contributed by atoms with Crippen molar-refractivity contribution in [3.8, 4) is 0 Å². The van der Waals surface area contributed by atoms with E-state index in [-0.39, 0.29) is 17.1 Å². The van der Waals surface area contributed by atoms with Gasteiger partial charge in [-0.2, -0.15) is 0 Å². The normalized spacial score (nSPS) is 22.8. The quantitative estimate of drug-likeness (QED) is 0.715. The van der Waals surface area contributed by atoms with E-state index in [0.29, 0.717) is 6.42 Å². The molecule has 1 saturated heterocycles. The molecule has 0 aromatic heterocycles. The van der Waals surface area contributed by atoms with Crippen LogP contribution in [0.5, 0.6) is 0 Å². The van der Waals surface area contributed by atoms with Crippen LogP contribution < -0.4 is 5.32 Å². The average molecular weight is 187 g/mol. The Morgan fingerprint density at radius 1 is 1.75 bits per heavy atom. The molecule has 12 heavy (non-hydrogen) atoms. The molecule has 1 unspecified atom stereocenters. The maximum absolute atomic E-state index is 11.1. The van der Waals surface area contributed by atoms with E-state index >= 15 is 0 Å². The van der Waals surface area contributed by atoms with Crippen LogP contribution >= 0.6 is 11.8 Å². The molecule has 1 aliphatic heterocycles. The van der Waals surface area contributed by atoms with Gasteiger partial charge in [-0.1, -0.05) is 18.7 Å². The first-order valence-electron chi connectivity index (χ1n) is 4.20. The summed E-state index contributed by atoms with van der Waals surface area (Å²) >= 11 is 1.31. The van der Waals surface area contributed by atoms with Crippen molar-refractivity contribution in [3.05, 3.63) is 0 Å². The summed E-state index contributed by atoms with van der Waals surface area (Å²) in [5.41, 5.74) is 0. The zero-order valence-electron chi connectivity index (χ0n) is 7.13. The standard InChI is InChI=1S/C8H13NO2S/c1-2-3-7(10)9-6-4-5-12-8(6)11/h6H,2-5H2,1H3,(H,9,10). The zero-order chi connectivity index (χ0) is 8.97. The van der Waals surface area contributed by atoms with Crippen LogP contribution in [0.3, 0.4) is 0 Å². The Hall–Kier alpha value is -0.510. The van der Waals surface area contributed by atoms with Crippen molar-refractivity contribution in [3.63, 3.8) is 0 Å². The smallest absolute Gasteiger partial charge is 0.220 e. The van der Waals surface area contributed by atoms with Crippen LogP contribution in [0, 0.1) is 0 Å². The molecule has 0 radical (unpaired) electrons. The second-order valence-electron chi connectivity index (χ2n) is 2.83. The molecule has 1 aliphatic rings. The van der Waals surface area contributed by atoms with Gasteiger partial charge in [-0.05, 0) is 12.8 Å². The summed E-state index contributed by atoms with van der Waals surface area (Å²) in [6, 6.07) is -0.214. The molecule has 1 rings (SSSR count). The van der Waals surface area contributed by atoms with Crippen molar-refractivity contribution in [2.75, 3.05) is 5.75 Å². The topological polar surface area (TPSA) is 46.2 Å². The van der Waals surface area contributed by atoms with Crippen LogP contribution in [0.4, 0.5) is 0 Å². The van der Waals surface area contributed by atoms with Gasteiger partial charge in [0.25, 0.3) is 0 Å². The summed E-state index contributed by atoms with van der Waals surface area (Å²) in [5.74, 6) is 0.842. The van der Waals surface area contributed by atoms with Crippen LogP contribution in [-0.2, 0) is 9.59 Å². The maximum atomic E-state index is 11.1. The Bertz CT molecular complexity index is 193. The van der Waals surface area contributed by atoms with E-state index in [1.807, 2.05) is 6.92 Å². The van der Waals surface area contributed by atoms with Crippen LogP contribution in [0.15, 0.2) is 0 Å². The van der Waals surface area contributed by atoms with Gasteiger partial charge in [0.2, 0.25) is 11.0 Å². The van der Waals surface area contributed by atoms with Crippen LogP contribution in [0.1, 0.15) is 26.2 Å². The summed E-state index contributed by atoms with van der Waals surface area (Å²) in [7, 11) is 0. The van der Waals surface area contributed by atoms with Gasteiger partial charge in [0, 0.05) is 12.2 Å². The molecule has 3 nitrogen and oxygen atoms in total. The lowest BCUT2D eigenvalue weighted by Crippen LogP contribution is -2.36. The maximum Gasteiger partial charge on any atom is 0.220 e. The second kappa shape index (κ2) is 4.50. The first-order valence-corrected chi connectivity index (χ1v) is 5.18. The van der Waals surface area contributed by atoms with Gasteiger partial charge in [0.15, 0.2) is 0 Å². The van der Waals surface area contributed by atoms with E-state index in [2.05, 4.69) is 5.32 Å². The van der Waals surface area contributed by atoms with Gasteiger partial charge >= 0.3 is 0 Å². The number of hydrogen-bond acceptors (Lipinski definition) is 3. The minimum Gasteiger partial charge on any atom is -0.345 e. The average Bonchev–Trinajstić information content (AvgIpc) is 2.37. The number of nitrogens with one attached hydrogen (secondary N) is 1. The van der Waals surface area contributed by atoms with E-state index in [1.54, 1.807) is 0 Å². The molecule has 0 aliphatic carbocycles. The molecule has 1 heterocycles. The highest BCUT2D eigenvalue weighted by atomic mass is 32.2. The van der Waals surface area contributed by atoms with Crippen molar-refractivity contribution in [2.45, 2.75) is 32.2 Å².